The first-order chi connectivity index (χ1) is 9.42. The van der Waals surface area contributed by atoms with Gasteiger partial charge < -0.3 is 4.42 Å². The molecule has 4 rings (SSSR count). The highest BCUT2D eigenvalue weighted by Gasteiger charge is 2.09. The Bertz CT molecular complexity index is 866. The van der Waals surface area contributed by atoms with E-state index >= 15 is 0 Å². The molecule has 0 saturated carbocycles. The third-order valence-electron chi connectivity index (χ3n) is 3.30. The van der Waals surface area contributed by atoms with Crippen LogP contribution in [-0.2, 0) is 0 Å². The van der Waals surface area contributed by atoms with E-state index in [0.717, 1.165) is 16.3 Å². The van der Waals surface area contributed by atoms with Gasteiger partial charge in [-0.05, 0) is 39.7 Å². The number of hydrogen-bond donors (Lipinski definition) is 0. The molecule has 0 aliphatic rings. The summed E-state index contributed by atoms with van der Waals surface area (Å²) in [6.45, 7) is 0. The Labute approximate surface area is 109 Å². The summed E-state index contributed by atoms with van der Waals surface area (Å²) in [5.41, 5.74) is 0.942. The maximum absolute atomic E-state index is 5.19. The Hall–Kier alpha value is -2.68. The van der Waals surface area contributed by atoms with E-state index in [2.05, 4.69) is 46.9 Å². The molecule has 0 aliphatic carbocycles. The fourth-order valence-corrected chi connectivity index (χ4v) is 2.41. The molecule has 0 saturated heterocycles. The molecule has 0 aliphatic heterocycles. The fraction of sp³-hybridized carbons (Fsp3) is 0. The van der Waals surface area contributed by atoms with Crippen LogP contribution in [0, 0.1) is 6.39 Å². The lowest BCUT2D eigenvalue weighted by atomic mass is 10.00. The van der Waals surface area contributed by atoms with Crippen LogP contribution < -0.4 is 0 Å². The average molecular weight is 245 g/mol. The van der Waals surface area contributed by atoms with E-state index in [-0.39, 0.29) is 0 Å². The first-order valence-corrected chi connectivity index (χ1v) is 6.03. The van der Waals surface area contributed by atoms with Gasteiger partial charge in [0.15, 0.2) is 0 Å². The van der Waals surface area contributed by atoms with Crippen molar-refractivity contribution in [3.05, 3.63) is 61.0 Å². The molecule has 4 aromatic rings. The van der Waals surface area contributed by atoms with Crippen molar-refractivity contribution in [2.45, 2.75) is 0 Å². The molecule has 0 amide bonds. The topological polar surface area (TPSA) is 38.9 Å². The fourth-order valence-electron chi connectivity index (χ4n) is 2.41. The van der Waals surface area contributed by atoms with Crippen molar-refractivity contribution in [3.63, 3.8) is 0 Å². The third-order valence-corrected chi connectivity index (χ3v) is 3.30. The Morgan fingerprint density at radius 2 is 1.63 bits per heavy atom. The van der Waals surface area contributed by atoms with Crippen LogP contribution >= 0.6 is 0 Å². The molecule has 3 heteroatoms. The van der Waals surface area contributed by atoms with E-state index in [4.69, 9.17) is 4.42 Å². The van der Waals surface area contributed by atoms with Gasteiger partial charge in [-0.3, -0.25) is 0 Å². The SMILES string of the molecule is [c]1nnc(-c2cccc3cc4ccccc4cc23)o1. The summed E-state index contributed by atoms with van der Waals surface area (Å²) < 4.78 is 5.19. The molecule has 0 spiro atoms. The number of rotatable bonds is 1. The molecule has 0 bridgehead atoms. The highest BCUT2D eigenvalue weighted by atomic mass is 16.4. The zero-order chi connectivity index (χ0) is 12.7. The lowest BCUT2D eigenvalue weighted by molar-refractivity contribution is 0.559. The van der Waals surface area contributed by atoms with Crippen LogP contribution in [0.15, 0.2) is 59.0 Å². The maximum Gasteiger partial charge on any atom is 0.306 e. The largest absolute Gasteiger partial charge is 0.412 e. The molecule has 3 nitrogen and oxygen atoms in total. The average Bonchev–Trinajstić information content (AvgIpc) is 2.98. The van der Waals surface area contributed by atoms with Crippen LogP contribution in [0.5, 0.6) is 0 Å². The van der Waals surface area contributed by atoms with Gasteiger partial charge in [-0.25, -0.2) is 0 Å². The molecular weight excluding hydrogens is 236 g/mol. The van der Waals surface area contributed by atoms with Gasteiger partial charge in [0.25, 0.3) is 0 Å². The van der Waals surface area contributed by atoms with Crippen LogP contribution in [0.4, 0.5) is 0 Å². The maximum atomic E-state index is 5.19. The van der Waals surface area contributed by atoms with Gasteiger partial charge in [0, 0.05) is 5.56 Å². The second-order valence-corrected chi connectivity index (χ2v) is 4.42. The van der Waals surface area contributed by atoms with Crippen molar-refractivity contribution >= 4 is 21.5 Å². The molecule has 0 N–H and O–H groups in total. The van der Waals surface area contributed by atoms with Crippen molar-refractivity contribution in [3.8, 4) is 11.5 Å². The summed E-state index contributed by atoms with van der Waals surface area (Å²) >= 11 is 0. The van der Waals surface area contributed by atoms with E-state index in [1.165, 1.54) is 10.8 Å². The zero-order valence-corrected chi connectivity index (χ0v) is 10.00. The standard InChI is InChI=1S/C16H9N2O/c1-2-5-12-9-15-13(8-11(12)4-1)6-3-7-14(15)16-18-17-10-19-16/h1-9H. The summed E-state index contributed by atoms with van der Waals surface area (Å²) in [5, 5.41) is 12.3. The number of nitrogens with zero attached hydrogens (tertiary/aromatic N) is 2. The molecule has 0 atom stereocenters. The van der Waals surface area contributed by atoms with Gasteiger partial charge in [-0.2, -0.15) is 0 Å². The van der Waals surface area contributed by atoms with E-state index in [9.17, 15) is 0 Å². The van der Waals surface area contributed by atoms with Crippen LogP contribution in [0.25, 0.3) is 33.0 Å². The van der Waals surface area contributed by atoms with Crippen molar-refractivity contribution in [1.82, 2.24) is 10.2 Å². The summed E-state index contributed by atoms with van der Waals surface area (Å²) in [6, 6.07) is 18.7. The molecule has 1 radical (unpaired) electrons. The van der Waals surface area contributed by atoms with Gasteiger partial charge in [-0.1, -0.05) is 36.4 Å². The molecule has 89 valence electrons. The van der Waals surface area contributed by atoms with Crippen molar-refractivity contribution in [2.24, 2.45) is 0 Å². The highest BCUT2D eigenvalue weighted by molar-refractivity contribution is 6.03. The van der Waals surface area contributed by atoms with Crippen molar-refractivity contribution in [1.29, 1.82) is 0 Å². The molecule has 19 heavy (non-hydrogen) atoms. The third kappa shape index (κ3) is 1.59. The van der Waals surface area contributed by atoms with E-state index in [1.807, 2.05) is 24.3 Å². The van der Waals surface area contributed by atoms with Crippen LogP contribution in [0.2, 0.25) is 0 Å². The first-order valence-electron chi connectivity index (χ1n) is 6.03. The summed E-state index contributed by atoms with van der Waals surface area (Å²) in [6.07, 6.45) is 2.39. The second kappa shape index (κ2) is 3.92. The lowest BCUT2D eigenvalue weighted by Crippen LogP contribution is -1.83. The Balaban J connectivity index is 2.12. The molecule has 0 fully saturated rings. The molecule has 1 aromatic heterocycles. The quantitative estimate of drug-likeness (QED) is 0.478. The van der Waals surface area contributed by atoms with Crippen molar-refractivity contribution in [2.75, 3.05) is 0 Å². The monoisotopic (exact) mass is 245 g/mol. The predicted octanol–water partition coefficient (Wildman–Crippen LogP) is 3.84. The smallest absolute Gasteiger partial charge is 0.306 e. The van der Waals surface area contributed by atoms with Gasteiger partial charge >= 0.3 is 6.39 Å². The van der Waals surface area contributed by atoms with E-state index in [0.29, 0.717) is 5.89 Å². The number of hydrogen-bond acceptors (Lipinski definition) is 3. The Morgan fingerprint density at radius 3 is 2.42 bits per heavy atom. The highest BCUT2D eigenvalue weighted by Crippen LogP contribution is 2.30. The second-order valence-electron chi connectivity index (χ2n) is 4.42. The summed E-state index contributed by atoms with van der Waals surface area (Å²) in [5.74, 6) is 0.501. The minimum atomic E-state index is 0.501. The molecular formula is C16H9N2O. The van der Waals surface area contributed by atoms with Gasteiger partial charge in [0.05, 0.1) is 0 Å². The predicted molar refractivity (Wildman–Crippen MR) is 73.6 cm³/mol. The molecule has 1 heterocycles. The zero-order valence-electron chi connectivity index (χ0n) is 10.00. The Kier molecular flexibility index (Phi) is 2.12. The minimum absolute atomic E-state index is 0.501. The van der Waals surface area contributed by atoms with Crippen LogP contribution in [0.1, 0.15) is 0 Å². The van der Waals surface area contributed by atoms with Gasteiger partial charge in [-0.15, -0.1) is 10.2 Å². The summed E-state index contributed by atoms with van der Waals surface area (Å²) in [7, 11) is 0. The number of aromatic nitrogens is 2. The normalized spacial score (nSPS) is 11.2. The van der Waals surface area contributed by atoms with Gasteiger partial charge in [0.2, 0.25) is 5.89 Å². The Morgan fingerprint density at radius 1 is 0.842 bits per heavy atom. The van der Waals surface area contributed by atoms with E-state index in [1.54, 1.807) is 0 Å². The number of fused-ring (bicyclic) bond motifs is 2. The van der Waals surface area contributed by atoms with Crippen LogP contribution in [0.3, 0.4) is 0 Å². The van der Waals surface area contributed by atoms with E-state index < -0.39 is 0 Å². The first kappa shape index (κ1) is 10.3. The van der Waals surface area contributed by atoms with Crippen molar-refractivity contribution < 1.29 is 4.42 Å². The lowest BCUT2D eigenvalue weighted by Gasteiger charge is -2.05. The molecule has 3 aromatic carbocycles. The van der Waals surface area contributed by atoms with Crippen LogP contribution in [-0.4, -0.2) is 10.2 Å². The minimum Gasteiger partial charge on any atom is -0.412 e. The summed E-state index contributed by atoms with van der Waals surface area (Å²) in [4.78, 5) is 0. The van der Waals surface area contributed by atoms with Gasteiger partial charge in [0.1, 0.15) is 0 Å². The molecule has 0 unspecified atom stereocenters. The number of benzene rings is 3.